The van der Waals surface area contributed by atoms with Crippen molar-refractivity contribution in [2.45, 2.75) is 104 Å². The molecule has 0 atom stereocenters. The smallest absolute Gasteiger partial charge is 0.226 e. The van der Waals surface area contributed by atoms with Crippen molar-refractivity contribution < 1.29 is 4.79 Å². The number of nitrogens with one attached hydrogen (secondary N) is 2. The molecule has 0 saturated heterocycles. The standard InChI is InChI=1S/C19H38N2OS/c1-3-5-7-8-9-10-11-12-13-14-15-16-18(22)21-19(23)20-17-6-4-2/h3-17H2,1-2H3,(H2,20,21,22,23). The molecule has 0 aromatic heterocycles. The summed E-state index contributed by atoms with van der Waals surface area (Å²) in [5.41, 5.74) is 0. The van der Waals surface area contributed by atoms with Crippen LogP contribution in [0.3, 0.4) is 0 Å². The van der Waals surface area contributed by atoms with Gasteiger partial charge < -0.3 is 10.6 Å². The van der Waals surface area contributed by atoms with Gasteiger partial charge in [0, 0.05) is 13.0 Å². The molecule has 0 aliphatic heterocycles. The van der Waals surface area contributed by atoms with Gasteiger partial charge in [-0.25, -0.2) is 0 Å². The Labute approximate surface area is 149 Å². The molecule has 0 bridgehead atoms. The van der Waals surface area contributed by atoms with Crippen molar-refractivity contribution in [3.63, 3.8) is 0 Å². The molecule has 4 heteroatoms. The van der Waals surface area contributed by atoms with E-state index in [9.17, 15) is 4.79 Å². The van der Waals surface area contributed by atoms with E-state index in [1.54, 1.807) is 0 Å². The van der Waals surface area contributed by atoms with Crippen molar-refractivity contribution in [2.24, 2.45) is 0 Å². The van der Waals surface area contributed by atoms with E-state index >= 15 is 0 Å². The summed E-state index contributed by atoms with van der Waals surface area (Å²) in [7, 11) is 0. The van der Waals surface area contributed by atoms with E-state index in [4.69, 9.17) is 12.2 Å². The Morgan fingerprint density at radius 2 is 1.22 bits per heavy atom. The van der Waals surface area contributed by atoms with Crippen molar-refractivity contribution in [3.05, 3.63) is 0 Å². The molecule has 0 radical (unpaired) electrons. The molecule has 0 aliphatic rings. The first-order chi connectivity index (χ1) is 11.2. The fraction of sp³-hybridized carbons (Fsp3) is 0.895. The Morgan fingerprint density at radius 3 is 1.74 bits per heavy atom. The van der Waals surface area contributed by atoms with Gasteiger partial charge in [0.25, 0.3) is 0 Å². The molecule has 0 heterocycles. The number of carbonyl (C=O) groups excluding carboxylic acids is 1. The second-order valence-electron chi connectivity index (χ2n) is 6.44. The van der Waals surface area contributed by atoms with Crippen LogP contribution in [0.5, 0.6) is 0 Å². The first kappa shape index (κ1) is 22.4. The van der Waals surface area contributed by atoms with E-state index in [-0.39, 0.29) is 5.91 Å². The summed E-state index contributed by atoms with van der Waals surface area (Å²) in [4.78, 5) is 11.7. The molecule has 23 heavy (non-hydrogen) atoms. The Balaban J connectivity index is 3.27. The number of hydrogen-bond donors (Lipinski definition) is 2. The first-order valence-electron chi connectivity index (χ1n) is 9.78. The van der Waals surface area contributed by atoms with Crippen molar-refractivity contribution in [1.82, 2.24) is 10.6 Å². The molecule has 0 fully saturated rings. The van der Waals surface area contributed by atoms with Crippen LogP contribution in [0.15, 0.2) is 0 Å². The van der Waals surface area contributed by atoms with Gasteiger partial charge in [-0.1, -0.05) is 84.5 Å². The van der Waals surface area contributed by atoms with Crippen LogP contribution in [0.4, 0.5) is 0 Å². The van der Waals surface area contributed by atoms with Gasteiger partial charge in [-0.05, 0) is 25.1 Å². The summed E-state index contributed by atoms with van der Waals surface area (Å²) < 4.78 is 0. The molecule has 0 unspecified atom stereocenters. The van der Waals surface area contributed by atoms with Crippen LogP contribution in [0, 0.1) is 0 Å². The molecule has 0 rings (SSSR count). The van der Waals surface area contributed by atoms with E-state index in [1.165, 1.54) is 57.8 Å². The van der Waals surface area contributed by atoms with Crippen LogP contribution >= 0.6 is 12.2 Å². The fourth-order valence-electron chi connectivity index (χ4n) is 2.56. The number of rotatable bonds is 15. The maximum atomic E-state index is 11.7. The fourth-order valence-corrected chi connectivity index (χ4v) is 2.78. The zero-order valence-corrected chi connectivity index (χ0v) is 16.2. The predicted octanol–water partition coefficient (Wildman–Crippen LogP) is 5.48. The van der Waals surface area contributed by atoms with E-state index in [2.05, 4.69) is 24.5 Å². The molecule has 0 spiro atoms. The highest BCUT2D eigenvalue weighted by molar-refractivity contribution is 7.80. The van der Waals surface area contributed by atoms with Gasteiger partial charge in [0.2, 0.25) is 5.91 Å². The highest BCUT2D eigenvalue weighted by Gasteiger charge is 2.03. The quantitative estimate of drug-likeness (QED) is 0.306. The van der Waals surface area contributed by atoms with Gasteiger partial charge in [-0.3, -0.25) is 4.79 Å². The number of unbranched alkanes of at least 4 members (excludes halogenated alkanes) is 11. The Morgan fingerprint density at radius 1 is 0.739 bits per heavy atom. The molecule has 0 aromatic carbocycles. The van der Waals surface area contributed by atoms with Crippen LogP contribution in [0.25, 0.3) is 0 Å². The zero-order valence-electron chi connectivity index (χ0n) is 15.4. The van der Waals surface area contributed by atoms with E-state index in [1.807, 2.05) is 0 Å². The molecule has 136 valence electrons. The molecule has 0 saturated carbocycles. The average molecular weight is 343 g/mol. The van der Waals surface area contributed by atoms with E-state index < -0.39 is 0 Å². The second-order valence-corrected chi connectivity index (χ2v) is 6.85. The molecule has 1 amide bonds. The molecule has 2 N–H and O–H groups in total. The summed E-state index contributed by atoms with van der Waals surface area (Å²) in [6.45, 7) is 5.24. The Kier molecular flexibility index (Phi) is 17.2. The first-order valence-corrected chi connectivity index (χ1v) is 10.2. The van der Waals surface area contributed by atoms with Crippen LogP contribution < -0.4 is 10.6 Å². The molecular formula is C19H38N2OS. The van der Waals surface area contributed by atoms with Crippen LogP contribution in [0.1, 0.15) is 104 Å². The van der Waals surface area contributed by atoms with Gasteiger partial charge in [0.15, 0.2) is 5.11 Å². The van der Waals surface area contributed by atoms with Gasteiger partial charge >= 0.3 is 0 Å². The molecular weight excluding hydrogens is 304 g/mol. The Hall–Kier alpha value is -0.640. The highest BCUT2D eigenvalue weighted by atomic mass is 32.1. The third-order valence-electron chi connectivity index (χ3n) is 4.08. The van der Waals surface area contributed by atoms with Crippen molar-refractivity contribution in [2.75, 3.05) is 6.54 Å². The number of thiocarbonyl (C=S) groups is 1. The SMILES string of the molecule is CCCCCCCCCCCCCC(=O)NC(=S)NCCCC. The van der Waals surface area contributed by atoms with Crippen LogP contribution in [-0.4, -0.2) is 17.6 Å². The second kappa shape index (κ2) is 17.7. The van der Waals surface area contributed by atoms with Gasteiger partial charge in [-0.2, -0.15) is 0 Å². The monoisotopic (exact) mass is 342 g/mol. The van der Waals surface area contributed by atoms with Crippen molar-refractivity contribution >= 4 is 23.2 Å². The minimum absolute atomic E-state index is 0.0509. The molecule has 0 aliphatic carbocycles. The number of carbonyl (C=O) groups is 1. The Bertz CT molecular complexity index is 295. The van der Waals surface area contributed by atoms with Crippen LogP contribution in [0.2, 0.25) is 0 Å². The lowest BCUT2D eigenvalue weighted by Crippen LogP contribution is -2.39. The minimum Gasteiger partial charge on any atom is -0.362 e. The minimum atomic E-state index is 0.0509. The lowest BCUT2D eigenvalue weighted by Gasteiger charge is -2.08. The van der Waals surface area contributed by atoms with Crippen molar-refractivity contribution in [1.29, 1.82) is 0 Å². The summed E-state index contributed by atoms with van der Waals surface area (Å²) in [5.74, 6) is 0.0509. The third-order valence-corrected chi connectivity index (χ3v) is 4.32. The molecule has 3 nitrogen and oxygen atoms in total. The summed E-state index contributed by atoms with van der Waals surface area (Å²) >= 11 is 5.09. The summed E-state index contributed by atoms with van der Waals surface area (Å²) in [6, 6.07) is 0. The largest absolute Gasteiger partial charge is 0.362 e. The van der Waals surface area contributed by atoms with E-state index in [0.29, 0.717) is 11.5 Å². The van der Waals surface area contributed by atoms with Gasteiger partial charge in [0.05, 0.1) is 0 Å². The maximum absolute atomic E-state index is 11.7. The third kappa shape index (κ3) is 17.5. The summed E-state index contributed by atoms with van der Waals surface area (Å²) in [5, 5.41) is 6.29. The lowest BCUT2D eigenvalue weighted by atomic mass is 10.1. The van der Waals surface area contributed by atoms with Crippen LogP contribution in [-0.2, 0) is 4.79 Å². The lowest BCUT2D eigenvalue weighted by molar-refractivity contribution is -0.119. The van der Waals surface area contributed by atoms with Gasteiger partial charge in [0.1, 0.15) is 0 Å². The predicted molar refractivity (Wildman–Crippen MR) is 105 cm³/mol. The topological polar surface area (TPSA) is 41.1 Å². The maximum Gasteiger partial charge on any atom is 0.226 e. The van der Waals surface area contributed by atoms with E-state index in [0.717, 1.165) is 32.2 Å². The zero-order chi connectivity index (χ0) is 17.2. The number of hydrogen-bond acceptors (Lipinski definition) is 2. The van der Waals surface area contributed by atoms with Gasteiger partial charge in [-0.15, -0.1) is 0 Å². The number of amides is 1. The summed E-state index contributed by atoms with van der Waals surface area (Å²) in [6.07, 6.45) is 17.1. The molecule has 0 aromatic rings. The average Bonchev–Trinajstić information content (AvgIpc) is 2.52. The van der Waals surface area contributed by atoms with Crippen molar-refractivity contribution in [3.8, 4) is 0 Å². The normalized spacial score (nSPS) is 10.5. The highest BCUT2D eigenvalue weighted by Crippen LogP contribution is 2.11.